The number of nitrogens with zero attached hydrogens (tertiary/aromatic N) is 1. The SMILES string of the molecule is CCn1cc(SCc2ccc(F)cc2)c2ccccc21. The second-order valence-electron chi connectivity index (χ2n) is 4.71. The minimum atomic E-state index is -0.179. The standard InChI is InChI=1S/C17H16FNS/c1-2-19-11-17(15-5-3-4-6-16(15)19)20-12-13-7-9-14(18)10-8-13/h3-11H,2,12H2,1H3. The van der Waals surface area contributed by atoms with Crippen LogP contribution >= 0.6 is 11.8 Å². The summed E-state index contributed by atoms with van der Waals surface area (Å²) in [5, 5.41) is 1.29. The lowest BCUT2D eigenvalue weighted by Gasteiger charge is -2.00. The van der Waals surface area contributed by atoms with Crippen molar-refractivity contribution in [1.29, 1.82) is 0 Å². The summed E-state index contributed by atoms with van der Waals surface area (Å²) >= 11 is 1.80. The van der Waals surface area contributed by atoms with Gasteiger partial charge in [0.25, 0.3) is 0 Å². The van der Waals surface area contributed by atoms with Gasteiger partial charge in [-0.25, -0.2) is 4.39 Å². The maximum Gasteiger partial charge on any atom is 0.123 e. The number of rotatable bonds is 4. The Morgan fingerprint density at radius 2 is 1.80 bits per heavy atom. The molecule has 3 aromatic rings. The van der Waals surface area contributed by atoms with Gasteiger partial charge in [-0.3, -0.25) is 0 Å². The Bertz CT molecular complexity index is 715. The van der Waals surface area contributed by atoms with E-state index < -0.39 is 0 Å². The van der Waals surface area contributed by atoms with Crippen molar-refractivity contribution in [3.8, 4) is 0 Å². The first-order valence-electron chi connectivity index (χ1n) is 6.73. The van der Waals surface area contributed by atoms with Crippen molar-refractivity contribution in [3.05, 3.63) is 66.1 Å². The number of thioether (sulfide) groups is 1. The lowest BCUT2D eigenvalue weighted by atomic mass is 10.2. The van der Waals surface area contributed by atoms with Gasteiger partial charge in [-0.2, -0.15) is 0 Å². The summed E-state index contributed by atoms with van der Waals surface area (Å²) in [7, 11) is 0. The molecular formula is C17H16FNS. The van der Waals surface area contributed by atoms with Crippen LogP contribution in [0.1, 0.15) is 12.5 Å². The van der Waals surface area contributed by atoms with Crippen LogP contribution in [0.2, 0.25) is 0 Å². The highest BCUT2D eigenvalue weighted by molar-refractivity contribution is 7.98. The van der Waals surface area contributed by atoms with E-state index in [2.05, 4.69) is 42.0 Å². The summed E-state index contributed by atoms with van der Waals surface area (Å²) < 4.78 is 15.2. The molecule has 0 unspecified atom stereocenters. The van der Waals surface area contributed by atoms with Crippen LogP contribution in [0.25, 0.3) is 10.9 Å². The van der Waals surface area contributed by atoms with Crippen LogP contribution in [-0.2, 0) is 12.3 Å². The summed E-state index contributed by atoms with van der Waals surface area (Å²) in [4.78, 5) is 1.28. The van der Waals surface area contributed by atoms with Crippen LogP contribution in [0.4, 0.5) is 4.39 Å². The number of fused-ring (bicyclic) bond motifs is 1. The van der Waals surface area contributed by atoms with Crippen LogP contribution in [0.3, 0.4) is 0 Å². The Morgan fingerprint density at radius 3 is 2.55 bits per heavy atom. The number of aromatic nitrogens is 1. The zero-order valence-corrected chi connectivity index (χ0v) is 12.2. The van der Waals surface area contributed by atoms with Crippen molar-refractivity contribution in [1.82, 2.24) is 4.57 Å². The molecule has 0 atom stereocenters. The largest absolute Gasteiger partial charge is 0.347 e. The number of halogens is 1. The Kier molecular flexibility index (Phi) is 3.79. The molecule has 102 valence electrons. The highest BCUT2D eigenvalue weighted by Gasteiger charge is 2.07. The van der Waals surface area contributed by atoms with E-state index in [4.69, 9.17) is 0 Å². The molecule has 0 N–H and O–H groups in total. The van der Waals surface area contributed by atoms with Crippen LogP contribution in [0.5, 0.6) is 0 Å². The quantitative estimate of drug-likeness (QED) is 0.604. The first kappa shape index (κ1) is 13.3. The van der Waals surface area contributed by atoms with Gasteiger partial charge in [-0.1, -0.05) is 30.3 Å². The molecule has 20 heavy (non-hydrogen) atoms. The normalized spacial score (nSPS) is 11.1. The minimum absolute atomic E-state index is 0.179. The molecule has 0 aliphatic heterocycles. The van der Waals surface area contributed by atoms with Gasteiger partial charge in [0.15, 0.2) is 0 Å². The van der Waals surface area contributed by atoms with E-state index in [0.717, 1.165) is 17.9 Å². The molecule has 1 aromatic heterocycles. The Morgan fingerprint density at radius 1 is 1.05 bits per heavy atom. The van der Waals surface area contributed by atoms with Gasteiger partial charge in [0.1, 0.15) is 5.82 Å². The van der Waals surface area contributed by atoms with Crippen LogP contribution < -0.4 is 0 Å². The maximum absolute atomic E-state index is 12.9. The van der Waals surface area contributed by atoms with Gasteiger partial charge in [0, 0.05) is 34.3 Å². The van der Waals surface area contributed by atoms with Gasteiger partial charge < -0.3 is 4.57 Å². The van der Waals surface area contributed by atoms with Crippen LogP contribution in [0.15, 0.2) is 59.6 Å². The van der Waals surface area contributed by atoms with Crippen molar-refractivity contribution in [3.63, 3.8) is 0 Å². The summed E-state index contributed by atoms with van der Waals surface area (Å²) in [6.07, 6.45) is 2.21. The second-order valence-corrected chi connectivity index (χ2v) is 5.73. The average Bonchev–Trinajstić information content (AvgIpc) is 2.85. The summed E-state index contributed by atoms with van der Waals surface area (Å²) in [5.41, 5.74) is 2.42. The second kappa shape index (κ2) is 5.71. The third-order valence-electron chi connectivity index (χ3n) is 3.40. The first-order valence-corrected chi connectivity index (χ1v) is 7.71. The topological polar surface area (TPSA) is 4.93 Å². The molecule has 1 heterocycles. The van der Waals surface area contributed by atoms with E-state index in [1.54, 1.807) is 11.8 Å². The fourth-order valence-corrected chi connectivity index (χ4v) is 3.38. The first-order chi connectivity index (χ1) is 9.78. The molecule has 0 radical (unpaired) electrons. The van der Waals surface area contributed by atoms with E-state index in [1.807, 2.05) is 12.1 Å². The molecule has 3 heteroatoms. The van der Waals surface area contributed by atoms with Crippen LogP contribution in [0, 0.1) is 5.82 Å². The Labute approximate surface area is 122 Å². The molecule has 0 aliphatic carbocycles. The summed E-state index contributed by atoms with van der Waals surface area (Å²) in [5.74, 6) is 0.680. The monoisotopic (exact) mass is 285 g/mol. The van der Waals surface area contributed by atoms with Gasteiger partial charge in [0.05, 0.1) is 0 Å². The van der Waals surface area contributed by atoms with Crippen molar-refractivity contribution in [2.75, 3.05) is 0 Å². The van der Waals surface area contributed by atoms with Gasteiger partial charge >= 0.3 is 0 Å². The van der Waals surface area contributed by atoms with Crippen molar-refractivity contribution < 1.29 is 4.39 Å². The maximum atomic E-state index is 12.9. The van der Waals surface area contributed by atoms with Crippen molar-refractivity contribution in [2.45, 2.75) is 24.1 Å². The number of para-hydroxylation sites is 1. The lowest BCUT2D eigenvalue weighted by Crippen LogP contribution is -1.89. The zero-order valence-electron chi connectivity index (χ0n) is 11.3. The summed E-state index contributed by atoms with van der Waals surface area (Å²) in [6.45, 7) is 3.12. The minimum Gasteiger partial charge on any atom is -0.347 e. The molecule has 0 amide bonds. The van der Waals surface area contributed by atoms with E-state index in [9.17, 15) is 4.39 Å². The predicted octanol–water partition coefficient (Wildman–Crippen LogP) is 5.09. The number of benzene rings is 2. The summed E-state index contributed by atoms with van der Waals surface area (Å²) in [6, 6.07) is 15.2. The third-order valence-corrected chi connectivity index (χ3v) is 4.51. The average molecular weight is 285 g/mol. The van der Waals surface area contributed by atoms with E-state index in [0.29, 0.717) is 0 Å². The number of hydrogen-bond donors (Lipinski definition) is 0. The Balaban J connectivity index is 1.85. The molecule has 1 nitrogen and oxygen atoms in total. The Hall–Kier alpha value is -1.74. The fraction of sp³-hybridized carbons (Fsp3) is 0.176. The number of hydrogen-bond acceptors (Lipinski definition) is 1. The molecule has 0 aliphatic rings. The third kappa shape index (κ3) is 2.59. The molecule has 0 spiro atoms. The zero-order chi connectivity index (χ0) is 13.9. The molecule has 0 fully saturated rings. The molecule has 0 bridgehead atoms. The van der Waals surface area contributed by atoms with Gasteiger partial charge in [-0.05, 0) is 30.7 Å². The van der Waals surface area contributed by atoms with E-state index in [1.165, 1.54) is 27.9 Å². The molecular weight excluding hydrogens is 269 g/mol. The molecule has 0 saturated heterocycles. The molecule has 0 saturated carbocycles. The van der Waals surface area contributed by atoms with E-state index >= 15 is 0 Å². The van der Waals surface area contributed by atoms with E-state index in [-0.39, 0.29) is 5.82 Å². The smallest absolute Gasteiger partial charge is 0.123 e. The van der Waals surface area contributed by atoms with Gasteiger partial charge in [0.2, 0.25) is 0 Å². The molecule has 2 aromatic carbocycles. The van der Waals surface area contributed by atoms with Crippen molar-refractivity contribution in [2.24, 2.45) is 0 Å². The predicted molar refractivity (Wildman–Crippen MR) is 83.6 cm³/mol. The van der Waals surface area contributed by atoms with Crippen LogP contribution in [-0.4, -0.2) is 4.57 Å². The number of aryl methyl sites for hydroxylation is 1. The van der Waals surface area contributed by atoms with Gasteiger partial charge in [-0.15, -0.1) is 11.8 Å². The highest BCUT2D eigenvalue weighted by atomic mass is 32.2. The van der Waals surface area contributed by atoms with Crippen molar-refractivity contribution >= 4 is 22.7 Å². The lowest BCUT2D eigenvalue weighted by molar-refractivity contribution is 0.627. The molecule has 3 rings (SSSR count). The highest BCUT2D eigenvalue weighted by Crippen LogP contribution is 2.32. The fourth-order valence-electron chi connectivity index (χ4n) is 2.33.